The normalized spacial score (nSPS) is 14.4. The van der Waals surface area contributed by atoms with Crippen molar-refractivity contribution in [3.8, 4) is 0 Å². The highest BCUT2D eigenvalue weighted by atomic mass is 35.5. The summed E-state index contributed by atoms with van der Waals surface area (Å²) in [5.41, 5.74) is 0.886. The van der Waals surface area contributed by atoms with Crippen molar-refractivity contribution in [3.63, 3.8) is 0 Å². The third-order valence-corrected chi connectivity index (χ3v) is 5.07. The van der Waals surface area contributed by atoms with Gasteiger partial charge in [-0.1, -0.05) is 44.5 Å². The molecule has 4 heteroatoms. The average molecular weight is 304 g/mol. The van der Waals surface area contributed by atoms with Crippen LogP contribution in [0.4, 0.5) is 4.39 Å². The second-order valence-corrected chi connectivity index (χ2v) is 6.57. The predicted molar refractivity (Wildman–Crippen MR) is 84.8 cm³/mol. The van der Waals surface area contributed by atoms with Crippen LogP contribution >= 0.6 is 23.4 Å². The molecule has 0 saturated heterocycles. The maximum Gasteiger partial charge on any atom is 0.142 e. The molecule has 0 aliphatic carbocycles. The van der Waals surface area contributed by atoms with E-state index in [2.05, 4.69) is 26.1 Å². The van der Waals surface area contributed by atoms with E-state index in [-0.39, 0.29) is 10.8 Å². The van der Waals surface area contributed by atoms with E-state index < -0.39 is 0 Å². The Morgan fingerprint density at radius 1 is 1.37 bits per heavy atom. The second-order valence-electron chi connectivity index (χ2n) is 4.72. The standard InChI is InChI=1S/C15H23ClFNS/c1-4-11(3)19-10-13(18-5-2)9-12-7-6-8-14(17)15(12)16/h6-8,11,13,18H,4-5,9-10H2,1-3H3. The van der Waals surface area contributed by atoms with Gasteiger partial charge in [0.15, 0.2) is 0 Å². The first-order chi connectivity index (χ1) is 9.08. The van der Waals surface area contributed by atoms with Gasteiger partial charge in [-0.15, -0.1) is 0 Å². The molecule has 0 fully saturated rings. The summed E-state index contributed by atoms with van der Waals surface area (Å²) in [6.45, 7) is 7.44. The van der Waals surface area contributed by atoms with E-state index in [1.54, 1.807) is 6.07 Å². The lowest BCUT2D eigenvalue weighted by atomic mass is 10.1. The summed E-state index contributed by atoms with van der Waals surface area (Å²) in [5, 5.41) is 4.37. The molecule has 2 unspecified atom stereocenters. The lowest BCUT2D eigenvalue weighted by Gasteiger charge is -2.20. The summed E-state index contributed by atoms with van der Waals surface area (Å²) in [6, 6.07) is 5.37. The molecule has 0 heterocycles. The Kier molecular flexibility index (Phi) is 7.81. The van der Waals surface area contributed by atoms with Crippen LogP contribution in [-0.2, 0) is 6.42 Å². The highest BCUT2D eigenvalue weighted by Gasteiger charge is 2.14. The first-order valence-corrected chi connectivity index (χ1v) is 8.29. The van der Waals surface area contributed by atoms with Gasteiger partial charge in [0.05, 0.1) is 5.02 Å². The maximum atomic E-state index is 13.4. The molecular weight excluding hydrogens is 281 g/mol. The van der Waals surface area contributed by atoms with Crippen LogP contribution in [0.25, 0.3) is 0 Å². The minimum atomic E-state index is -0.330. The van der Waals surface area contributed by atoms with Crippen LogP contribution in [0.15, 0.2) is 18.2 Å². The highest BCUT2D eigenvalue weighted by molar-refractivity contribution is 7.99. The molecule has 0 bridgehead atoms. The fourth-order valence-electron chi connectivity index (χ4n) is 1.85. The smallest absolute Gasteiger partial charge is 0.142 e. The van der Waals surface area contributed by atoms with E-state index >= 15 is 0 Å². The van der Waals surface area contributed by atoms with Gasteiger partial charge in [-0.3, -0.25) is 0 Å². The zero-order valence-electron chi connectivity index (χ0n) is 11.9. The van der Waals surface area contributed by atoms with Crippen LogP contribution in [-0.4, -0.2) is 23.6 Å². The van der Waals surface area contributed by atoms with Crippen molar-refractivity contribution in [2.24, 2.45) is 0 Å². The Morgan fingerprint density at radius 2 is 2.11 bits per heavy atom. The SMILES string of the molecule is CCNC(CSC(C)CC)Cc1cccc(F)c1Cl. The van der Waals surface area contributed by atoms with Crippen molar-refractivity contribution < 1.29 is 4.39 Å². The summed E-state index contributed by atoms with van der Waals surface area (Å²) in [4.78, 5) is 0. The van der Waals surface area contributed by atoms with E-state index in [0.29, 0.717) is 11.3 Å². The molecule has 0 radical (unpaired) electrons. The van der Waals surface area contributed by atoms with E-state index in [9.17, 15) is 4.39 Å². The van der Waals surface area contributed by atoms with Crippen LogP contribution in [0.5, 0.6) is 0 Å². The molecule has 0 aliphatic rings. The van der Waals surface area contributed by atoms with Crippen LogP contribution in [0.3, 0.4) is 0 Å². The number of nitrogens with one attached hydrogen (secondary N) is 1. The summed E-state index contributed by atoms with van der Waals surface area (Å²) in [6.07, 6.45) is 1.94. The Morgan fingerprint density at radius 3 is 2.74 bits per heavy atom. The third-order valence-electron chi connectivity index (χ3n) is 3.15. The Labute approximate surface area is 125 Å². The Balaban J connectivity index is 2.64. The van der Waals surface area contributed by atoms with Crippen molar-refractivity contribution in [1.82, 2.24) is 5.32 Å². The molecule has 1 rings (SSSR count). The van der Waals surface area contributed by atoms with Gasteiger partial charge in [0, 0.05) is 17.0 Å². The number of rotatable bonds is 8. The van der Waals surface area contributed by atoms with Gasteiger partial charge in [-0.25, -0.2) is 4.39 Å². The number of benzene rings is 1. The van der Waals surface area contributed by atoms with Crippen LogP contribution in [0.1, 0.15) is 32.8 Å². The number of hydrogen-bond donors (Lipinski definition) is 1. The van der Waals surface area contributed by atoms with Gasteiger partial charge in [-0.05, 0) is 31.0 Å². The minimum Gasteiger partial charge on any atom is -0.313 e. The first kappa shape index (κ1) is 16.8. The fourth-order valence-corrected chi connectivity index (χ4v) is 3.08. The van der Waals surface area contributed by atoms with Gasteiger partial charge in [0.25, 0.3) is 0 Å². The summed E-state index contributed by atoms with van der Waals surface area (Å²) < 4.78 is 13.4. The first-order valence-electron chi connectivity index (χ1n) is 6.86. The van der Waals surface area contributed by atoms with Crippen LogP contribution in [0.2, 0.25) is 5.02 Å². The quantitative estimate of drug-likeness (QED) is 0.757. The van der Waals surface area contributed by atoms with Gasteiger partial charge in [0.1, 0.15) is 5.82 Å². The van der Waals surface area contributed by atoms with Crippen molar-refractivity contribution in [2.75, 3.05) is 12.3 Å². The molecular formula is C15H23ClFNS. The number of likely N-dealkylation sites (N-methyl/N-ethyl adjacent to an activating group) is 1. The average Bonchev–Trinajstić information content (AvgIpc) is 2.41. The number of thioether (sulfide) groups is 1. The molecule has 19 heavy (non-hydrogen) atoms. The largest absolute Gasteiger partial charge is 0.313 e. The predicted octanol–water partition coefficient (Wildman–Crippen LogP) is 4.53. The van der Waals surface area contributed by atoms with Crippen molar-refractivity contribution in [2.45, 2.75) is 44.9 Å². The van der Waals surface area contributed by atoms with Gasteiger partial charge in [-0.2, -0.15) is 11.8 Å². The van der Waals surface area contributed by atoms with Crippen LogP contribution in [0, 0.1) is 5.82 Å². The van der Waals surface area contributed by atoms with Gasteiger partial charge < -0.3 is 5.32 Å². The lowest BCUT2D eigenvalue weighted by Crippen LogP contribution is -2.33. The molecule has 0 aliphatic heterocycles. The van der Waals surface area contributed by atoms with E-state index in [1.165, 1.54) is 12.5 Å². The van der Waals surface area contributed by atoms with Gasteiger partial charge >= 0.3 is 0 Å². The van der Waals surface area contributed by atoms with Gasteiger partial charge in [0.2, 0.25) is 0 Å². The van der Waals surface area contributed by atoms with E-state index in [0.717, 1.165) is 24.3 Å². The number of hydrogen-bond acceptors (Lipinski definition) is 2. The lowest BCUT2D eigenvalue weighted by molar-refractivity contribution is 0.567. The van der Waals surface area contributed by atoms with Crippen molar-refractivity contribution in [3.05, 3.63) is 34.6 Å². The molecule has 1 aromatic rings. The summed E-state index contributed by atoms with van der Waals surface area (Å²) in [5.74, 6) is 0.694. The second kappa shape index (κ2) is 8.83. The molecule has 0 amide bonds. The summed E-state index contributed by atoms with van der Waals surface area (Å²) in [7, 11) is 0. The maximum absolute atomic E-state index is 13.4. The van der Waals surface area contributed by atoms with Crippen molar-refractivity contribution >= 4 is 23.4 Å². The van der Waals surface area contributed by atoms with E-state index in [4.69, 9.17) is 11.6 Å². The molecule has 108 valence electrons. The fraction of sp³-hybridized carbons (Fsp3) is 0.600. The number of halogens is 2. The van der Waals surface area contributed by atoms with Crippen molar-refractivity contribution in [1.29, 1.82) is 0 Å². The van der Waals surface area contributed by atoms with Crippen LogP contribution < -0.4 is 5.32 Å². The Hall–Kier alpha value is -0.250. The molecule has 1 aromatic carbocycles. The van der Waals surface area contributed by atoms with E-state index in [1.807, 2.05) is 17.8 Å². The third kappa shape index (κ3) is 5.72. The molecule has 0 spiro atoms. The molecule has 0 saturated carbocycles. The highest BCUT2D eigenvalue weighted by Crippen LogP contribution is 2.23. The molecule has 0 aromatic heterocycles. The molecule has 1 nitrogen and oxygen atoms in total. The monoisotopic (exact) mass is 303 g/mol. The Bertz CT molecular complexity index is 386. The molecule has 2 atom stereocenters. The zero-order chi connectivity index (χ0) is 14.3. The minimum absolute atomic E-state index is 0.263. The summed E-state index contributed by atoms with van der Waals surface area (Å²) >= 11 is 7.97. The molecule has 1 N–H and O–H groups in total. The topological polar surface area (TPSA) is 12.0 Å². The zero-order valence-corrected chi connectivity index (χ0v) is 13.5.